The molecule has 6 nitrogen and oxygen atoms in total. The first-order valence-electron chi connectivity index (χ1n) is 7.57. The van der Waals surface area contributed by atoms with Crippen molar-refractivity contribution in [1.29, 1.82) is 0 Å². The van der Waals surface area contributed by atoms with E-state index in [1.54, 1.807) is 6.92 Å². The minimum atomic E-state index is -3.83. The number of sulfonamides is 1. The molecule has 0 aliphatic rings. The van der Waals surface area contributed by atoms with Gasteiger partial charge in [-0.15, -0.1) is 0 Å². The number of carbonyl (C=O) groups excluding carboxylic acids is 1. The van der Waals surface area contributed by atoms with Crippen LogP contribution in [0.1, 0.15) is 28.9 Å². The first-order valence-corrected chi connectivity index (χ1v) is 9.05. The van der Waals surface area contributed by atoms with Crippen LogP contribution < -0.4 is 14.8 Å². The molecule has 9 heteroatoms. The summed E-state index contributed by atoms with van der Waals surface area (Å²) in [5.74, 6) is -2.48. The van der Waals surface area contributed by atoms with Gasteiger partial charge < -0.3 is 10.1 Å². The summed E-state index contributed by atoms with van der Waals surface area (Å²) in [4.78, 5) is 12.2. The molecular formula is C17H18F2N2O4S. The first-order chi connectivity index (χ1) is 12.2. The van der Waals surface area contributed by atoms with E-state index in [0.717, 1.165) is 12.1 Å². The van der Waals surface area contributed by atoms with E-state index in [4.69, 9.17) is 4.74 Å². The molecule has 0 spiro atoms. The molecule has 0 aliphatic heterocycles. The van der Waals surface area contributed by atoms with Crippen LogP contribution in [-0.2, 0) is 10.0 Å². The quantitative estimate of drug-likeness (QED) is 0.801. The number of halogens is 2. The van der Waals surface area contributed by atoms with Gasteiger partial charge in [0.05, 0.1) is 13.2 Å². The van der Waals surface area contributed by atoms with Gasteiger partial charge in [-0.2, -0.15) is 0 Å². The molecule has 2 rings (SSSR count). The predicted molar refractivity (Wildman–Crippen MR) is 91.5 cm³/mol. The maximum absolute atomic E-state index is 13.3. The molecule has 0 saturated carbocycles. The zero-order valence-electron chi connectivity index (χ0n) is 14.3. The fourth-order valence-electron chi connectivity index (χ4n) is 2.28. The van der Waals surface area contributed by atoms with Crippen LogP contribution in [-0.4, -0.2) is 28.5 Å². The van der Waals surface area contributed by atoms with Gasteiger partial charge in [-0.05, 0) is 49.9 Å². The van der Waals surface area contributed by atoms with Gasteiger partial charge in [0.25, 0.3) is 5.91 Å². The van der Waals surface area contributed by atoms with Crippen LogP contribution >= 0.6 is 0 Å². The van der Waals surface area contributed by atoms with Gasteiger partial charge >= 0.3 is 0 Å². The van der Waals surface area contributed by atoms with Gasteiger partial charge in [0.15, 0.2) is 11.6 Å². The highest BCUT2D eigenvalue weighted by molar-refractivity contribution is 7.89. The molecule has 0 unspecified atom stereocenters. The number of benzene rings is 2. The Balaban J connectivity index is 2.29. The van der Waals surface area contributed by atoms with Gasteiger partial charge in [-0.3, -0.25) is 4.79 Å². The van der Waals surface area contributed by atoms with Gasteiger partial charge in [-0.25, -0.2) is 21.9 Å². The number of carbonyl (C=O) groups is 1. The molecule has 0 fully saturated rings. The van der Waals surface area contributed by atoms with E-state index in [0.29, 0.717) is 5.56 Å². The van der Waals surface area contributed by atoms with Crippen molar-refractivity contribution in [2.75, 3.05) is 14.2 Å². The van der Waals surface area contributed by atoms with Crippen molar-refractivity contribution in [3.05, 3.63) is 59.2 Å². The molecule has 2 aromatic rings. The number of methoxy groups -OCH3 is 1. The highest BCUT2D eigenvalue weighted by Crippen LogP contribution is 2.25. The third-order valence-electron chi connectivity index (χ3n) is 3.78. The number of nitrogens with one attached hydrogen (secondary N) is 2. The zero-order valence-corrected chi connectivity index (χ0v) is 15.2. The van der Waals surface area contributed by atoms with Crippen molar-refractivity contribution in [2.24, 2.45) is 0 Å². The first kappa shape index (κ1) is 19.8. The number of rotatable bonds is 6. The summed E-state index contributed by atoms with van der Waals surface area (Å²) in [6.45, 7) is 1.60. The SMILES string of the molecule is CNS(=O)(=O)c1cc(C(=O)N[C@H](C)c2ccc(F)c(F)c2)ccc1OC. The summed E-state index contributed by atoms with van der Waals surface area (Å²) in [5.41, 5.74) is 0.447. The molecule has 1 atom stereocenters. The highest BCUT2D eigenvalue weighted by atomic mass is 32.2. The molecule has 2 aromatic carbocycles. The molecule has 0 saturated heterocycles. The van der Waals surface area contributed by atoms with Crippen molar-refractivity contribution >= 4 is 15.9 Å². The summed E-state index contributed by atoms with van der Waals surface area (Å²) in [6.07, 6.45) is 0. The van der Waals surface area contributed by atoms with E-state index in [-0.39, 0.29) is 16.2 Å². The fourth-order valence-corrected chi connectivity index (χ4v) is 3.20. The van der Waals surface area contributed by atoms with Crippen LogP contribution in [0.15, 0.2) is 41.3 Å². The van der Waals surface area contributed by atoms with Crippen LogP contribution in [0.5, 0.6) is 5.75 Å². The normalized spacial score (nSPS) is 12.5. The Morgan fingerprint density at radius 3 is 2.38 bits per heavy atom. The largest absolute Gasteiger partial charge is 0.495 e. The smallest absolute Gasteiger partial charge is 0.251 e. The lowest BCUT2D eigenvalue weighted by molar-refractivity contribution is 0.0939. The summed E-state index contributed by atoms with van der Waals surface area (Å²) >= 11 is 0. The molecule has 1 amide bonds. The molecule has 0 radical (unpaired) electrons. The summed E-state index contributed by atoms with van der Waals surface area (Å²) in [6, 6.07) is 6.64. The van der Waals surface area contributed by atoms with Gasteiger partial charge in [0, 0.05) is 5.56 Å². The van der Waals surface area contributed by atoms with Gasteiger partial charge in [-0.1, -0.05) is 6.07 Å². The summed E-state index contributed by atoms with van der Waals surface area (Å²) in [7, 11) is -1.28. The van der Waals surface area contributed by atoms with Gasteiger partial charge in [0.1, 0.15) is 10.6 Å². The minimum absolute atomic E-state index is 0.0778. The third-order valence-corrected chi connectivity index (χ3v) is 5.21. The molecule has 0 aromatic heterocycles. The second kappa shape index (κ2) is 7.79. The molecular weight excluding hydrogens is 366 g/mol. The van der Waals surface area contributed by atoms with Crippen LogP contribution in [0.3, 0.4) is 0 Å². The molecule has 0 heterocycles. The van der Waals surface area contributed by atoms with Crippen molar-refractivity contribution in [2.45, 2.75) is 17.9 Å². The van der Waals surface area contributed by atoms with E-state index < -0.39 is 33.6 Å². The Labute approximate surface area is 150 Å². The Morgan fingerprint density at radius 1 is 1.12 bits per heavy atom. The second-order valence-corrected chi connectivity index (χ2v) is 7.30. The monoisotopic (exact) mass is 384 g/mol. The van der Waals surface area contributed by atoms with E-state index >= 15 is 0 Å². The van der Waals surface area contributed by atoms with E-state index in [1.807, 2.05) is 0 Å². The zero-order chi connectivity index (χ0) is 19.5. The van der Waals surface area contributed by atoms with Crippen LogP contribution in [0.25, 0.3) is 0 Å². The average Bonchev–Trinajstić information content (AvgIpc) is 2.63. The summed E-state index contributed by atoms with van der Waals surface area (Å²) < 4.78 is 57.7. The Hall–Kier alpha value is -2.52. The van der Waals surface area contributed by atoms with E-state index in [9.17, 15) is 22.0 Å². The number of hydrogen-bond donors (Lipinski definition) is 2. The molecule has 2 N–H and O–H groups in total. The number of amides is 1. The standard InChI is InChI=1S/C17H18F2N2O4S/c1-10(11-4-6-13(18)14(19)8-11)21-17(22)12-5-7-15(25-3)16(9-12)26(23,24)20-2/h4-10,20H,1-3H3,(H,21,22)/t10-/m1/s1. The molecule has 26 heavy (non-hydrogen) atoms. The van der Waals surface area contributed by atoms with Crippen molar-refractivity contribution < 1.29 is 26.7 Å². The Kier molecular flexibility index (Phi) is 5.94. The number of hydrogen-bond acceptors (Lipinski definition) is 4. The molecule has 0 aliphatic carbocycles. The molecule has 0 bridgehead atoms. The summed E-state index contributed by atoms with van der Waals surface area (Å²) in [5, 5.41) is 2.61. The Bertz CT molecular complexity index is 932. The van der Waals surface area contributed by atoms with Crippen LogP contribution in [0.4, 0.5) is 8.78 Å². The van der Waals surface area contributed by atoms with Gasteiger partial charge in [0.2, 0.25) is 10.0 Å². The van der Waals surface area contributed by atoms with Crippen molar-refractivity contribution in [3.8, 4) is 5.75 Å². The highest BCUT2D eigenvalue weighted by Gasteiger charge is 2.21. The van der Waals surface area contributed by atoms with Crippen LogP contribution in [0, 0.1) is 11.6 Å². The minimum Gasteiger partial charge on any atom is -0.495 e. The lowest BCUT2D eigenvalue weighted by atomic mass is 10.1. The fraction of sp³-hybridized carbons (Fsp3) is 0.235. The average molecular weight is 384 g/mol. The second-order valence-electron chi connectivity index (χ2n) is 5.44. The van der Waals surface area contributed by atoms with E-state index in [1.165, 1.54) is 38.4 Å². The lowest BCUT2D eigenvalue weighted by Crippen LogP contribution is -2.27. The van der Waals surface area contributed by atoms with Crippen molar-refractivity contribution in [3.63, 3.8) is 0 Å². The Morgan fingerprint density at radius 2 is 1.81 bits per heavy atom. The topological polar surface area (TPSA) is 84.5 Å². The van der Waals surface area contributed by atoms with Crippen molar-refractivity contribution in [1.82, 2.24) is 10.0 Å². The third kappa shape index (κ3) is 4.17. The van der Waals surface area contributed by atoms with E-state index in [2.05, 4.69) is 10.0 Å². The maximum Gasteiger partial charge on any atom is 0.251 e. The number of ether oxygens (including phenoxy) is 1. The van der Waals surface area contributed by atoms with Crippen LogP contribution in [0.2, 0.25) is 0 Å². The lowest BCUT2D eigenvalue weighted by Gasteiger charge is -2.16. The maximum atomic E-state index is 13.3. The molecule has 140 valence electrons. The predicted octanol–water partition coefficient (Wildman–Crippen LogP) is 2.37.